The Morgan fingerprint density at radius 3 is 2.79 bits per heavy atom. The van der Waals surface area contributed by atoms with Crippen LogP contribution in [-0.2, 0) is 9.53 Å². The number of H-pyrrole nitrogens is 1. The molecule has 28 heavy (non-hydrogen) atoms. The molecular formula is C21H17FN2O4. The van der Waals surface area contributed by atoms with Gasteiger partial charge < -0.3 is 20.2 Å². The summed E-state index contributed by atoms with van der Waals surface area (Å²) in [5.74, 6) is -2.06. The number of esters is 1. The Bertz CT molecular complexity index is 1180. The first kappa shape index (κ1) is 17.8. The summed E-state index contributed by atoms with van der Waals surface area (Å²) in [4.78, 5) is 28.3. The van der Waals surface area contributed by atoms with Crippen LogP contribution in [0.4, 0.5) is 4.39 Å². The van der Waals surface area contributed by atoms with Crippen molar-refractivity contribution >= 4 is 16.9 Å². The van der Waals surface area contributed by atoms with Gasteiger partial charge in [0.25, 0.3) is 5.56 Å². The number of aromatic nitrogens is 1. The zero-order chi connectivity index (χ0) is 19.8. The van der Waals surface area contributed by atoms with Crippen molar-refractivity contribution in [3.8, 4) is 5.75 Å². The normalized spacial score (nSPS) is 15.9. The fraction of sp³-hybridized carbons (Fsp3) is 0.143. The quantitative estimate of drug-likeness (QED) is 0.682. The number of carbonyl (C=O) groups excluding carboxylic acids is 1. The van der Waals surface area contributed by atoms with Crippen molar-refractivity contribution in [2.24, 2.45) is 5.73 Å². The second-order valence-corrected chi connectivity index (χ2v) is 6.33. The Hall–Kier alpha value is -3.61. The van der Waals surface area contributed by atoms with Crippen molar-refractivity contribution in [3.63, 3.8) is 0 Å². The molecule has 0 radical (unpaired) electrons. The lowest BCUT2D eigenvalue weighted by Gasteiger charge is -2.28. The minimum atomic E-state index is -0.924. The lowest BCUT2D eigenvalue weighted by Crippen LogP contribution is -2.32. The molecule has 1 unspecified atom stereocenters. The van der Waals surface area contributed by atoms with E-state index < -0.39 is 23.3 Å². The summed E-state index contributed by atoms with van der Waals surface area (Å²) in [6.07, 6.45) is 0. The molecule has 0 aliphatic carbocycles. The Kier molecular flexibility index (Phi) is 4.35. The zero-order valence-electron chi connectivity index (χ0n) is 15.0. The smallest absolute Gasteiger partial charge is 0.340 e. The van der Waals surface area contributed by atoms with E-state index in [-0.39, 0.29) is 29.4 Å². The molecule has 0 amide bonds. The third-order valence-electron chi connectivity index (χ3n) is 4.64. The number of carbonyl (C=O) groups is 1. The van der Waals surface area contributed by atoms with Crippen molar-refractivity contribution in [3.05, 3.63) is 87.3 Å². The molecule has 4 rings (SSSR count). The number of aromatic amines is 1. The van der Waals surface area contributed by atoms with Gasteiger partial charge in [0.2, 0.25) is 5.88 Å². The minimum absolute atomic E-state index is 0.0271. The second-order valence-electron chi connectivity index (χ2n) is 6.33. The highest BCUT2D eigenvalue weighted by Crippen LogP contribution is 2.43. The average Bonchev–Trinajstić information content (AvgIpc) is 2.67. The second kappa shape index (κ2) is 6.84. The van der Waals surface area contributed by atoms with Gasteiger partial charge in [-0.1, -0.05) is 24.3 Å². The molecule has 1 atom stereocenters. The number of nitrogens with one attached hydrogen (secondary N) is 1. The maximum Gasteiger partial charge on any atom is 0.340 e. The molecule has 3 N–H and O–H groups in total. The standard InChI is InChI=1S/C21H17FN2O4/c1-2-27-21(26)17-15(11-6-5-7-12(22)10-11)16-18(28-19(17)23)13-8-3-4-9-14(13)24-20(16)25/h3-10,15H,2,23H2,1H3,(H,24,25). The van der Waals surface area contributed by atoms with Crippen LogP contribution in [0, 0.1) is 5.82 Å². The van der Waals surface area contributed by atoms with Crippen molar-refractivity contribution < 1.29 is 18.7 Å². The van der Waals surface area contributed by atoms with E-state index in [9.17, 15) is 14.0 Å². The summed E-state index contributed by atoms with van der Waals surface area (Å²) in [5, 5.41) is 0.629. The molecule has 0 bridgehead atoms. The molecule has 2 aromatic carbocycles. The van der Waals surface area contributed by atoms with E-state index in [4.69, 9.17) is 15.2 Å². The summed E-state index contributed by atoms with van der Waals surface area (Å²) >= 11 is 0. The molecule has 1 aliphatic heterocycles. The number of para-hydroxylation sites is 1. The molecule has 6 nitrogen and oxygen atoms in total. The molecule has 142 valence electrons. The summed E-state index contributed by atoms with van der Waals surface area (Å²) < 4.78 is 24.8. The number of pyridine rings is 1. The van der Waals surface area contributed by atoms with Crippen LogP contribution >= 0.6 is 0 Å². The fourth-order valence-corrected chi connectivity index (χ4v) is 3.50. The van der Waals surface area contributed by atoms with E-state index in [0.29, 0.717) is 16.5 Å². The summed E-state index contributed by atoms with van der Waals surface area (Å²) in [7, 11) is 0. The van der Waals surface area contributed by atoms with Gasteiger partial charge in [-0.05, 0) is 36.8 Å². The number of nitrogens with two attached hydrogens (primary N) is 1. The molecule has 0 fully saturated rings. The third-order valence-corrected chi connectivity index (χ3v) is 4.64. The summed E-state index contributed by atoms with van der Waals surface area (Å²) in [5.41, 5.74) is 6.76. The number of hydrogen-bond acceptors (Lipinski definition) is 5. The lowest BCUT2D eigenvalue weighted by molar-refractivity contribution is -0.139. The van der Waals surface area contributed by atoms with Crippen molar-refractivity contribution in [1.29, 1.82) is 0 Å². The predicted molar refractivity (Wildman–Crippen MR) is 101 cm³/mol. The summed E-state index contributed by atoms with van der Waals surface area (Å²) in [6, 6.07) is 12.8. The Morgan fingerprint density at radius 1 is 1.25 bits per heavy atom. The Labute approximate surface area is 159 Å². The molecule has 2 heterocycles. The van der Waals surface area contributed by atoms with E-state index >= 15 is 0 Å². The first-order valence-electron chi connectivity index (χ1n) is 8.76. The molecule has 1 aliphatic rings. The highest BCUT2D eigenvalue weighted by molar-refractivity contribution is 5.95. The van der Waals surface area contributed by atoms with Crippen LogP contribution in [0.3, 0.4) is 0 Å². The van der Waals surface area contributed by atoms with Gasteiger partial charge in [0.1, 0.15) is 17.1 Å². The number of halogens is 1. The van der Waals surface area contributed by atoms with Gasteiger partial charge in [0.05, 0.1) is 23.6 Å². The Balaban J connectivity index is 2.05. The van der Waals surface area contributed by atoms with Gasteiger partial charge in [-0.15, -0.1) is 0 Å². The minimum Gasteiger partial charge on any atom is -0.462 e. The van der Waals surface area contributed by atoms with Crippen molar-refractivity contribution in [2.45, 2.75) is 12.8 Å². The number of hydrogen-bond donors (Lipinski definition) is 2. The van der Waals surface area contributed by atoms with Crippen LogP contribution in [0.2, 0.25) is 0 Å². The monoisotopic (exact) mass is 380 g/mol. The lowest BCUT2D eigenvalue weighted by atomic mass is 9.83. The number of ether oxygens (including phenoxy) is 2. The number of benzene rings is 2. The fourth-order valence-electron chi connectivity index (χ4n) is 3.50. The van der Waals surface area contributed by atoms with Gasteiger partial charge >= 0.3 is 5.97 Å². The first-order chi connectivity index (χ1) is 13.5. The van der Waals surface area contributed by atoms with Gasteiger partial charge in [-0.25, -0.2) is 9.18 Å². The Morgan fingerprint density at radius 2 is 2.04 bits per heavy atom. The SMILES string of the molecule is CCOC(=O)C1=C(N)Oc2c(c(=O)[nH]c3ccccc23)C1c1cccc(F)c1. The third kappa shape index (κ3) is 2.81. The van der Waals surface area contributed by atoms with E-state index in [2.05, 4.69) is 4.98 Å². The predicted octanol–water partition coefficient (Wildman–Crippen LogP) is 2.92. The highest BCUT2D eigenvalue weighted by atomic mass is 19.1. The summed E-state index contributed by atoms with van der Waals surface area (Å²) in [6.45, 7) is 1.77. The van der Waals surface area contributed by atoms with Crippen LogP contribution in [0.25, 0.3) is 10.9 Å². The van der Waals surface area contributed by atoms with E-state index in [1.807, 2.05) is 0 Å². The van der Waals surface area contributed by atoms with Crippen LogP contribution in [0.1, 0.15) is 24.0 Å². The van der Waals surface area contributed by atoms with Crippen LogP contribution in [-0.4, -0.2) is 17.6 Å². The average molecular weight is 380 g/mol. The molecule has 7 heteroatoms. The van der Waals surface area contributed by atoms with Gasteiger partial charge in [0.15, 0.2) is 0 Å². The maximum absolute atomic E-state index is 13.9. The molecule has 0 saturated heterocycles. The van der Waals surface area contributed by atoms with E-state index in [1.165, 1.54) is 18.2 Å². The molecule has 0 saturated carbocycles. The van der Waals surface area contributed by atoms with Crippen LogP contribution < -0.4 is 16.0 Å². The number of rotatable bonds is 3. The highest BCUT2D eigenvalue weighted by Gasteiger charge is 2.38. The molecule has 0 spiro atoms. The number of fused-ring (bicyclic) bond motifs is 3. The van der Waals surface area contributed by atoms with Gasteiger partial charge in [-0.2, -0.15) is 0 Å². The zero-order valence-corrected chi connectivity index (χ0v) is 15.0. The van der Waals surface area contributed by atoms with Gasteiger partial charge in [-0.3, -0.25) is 4.79 Å². The van der Waals surface area contributed by atoms with E-state index in [1.54, 1.807) is 37.3 Å². The molecular weight excluding hydrogens is 363 g/mol. The van der Waals surface area contributed by atoms with Crippen LogP contribution in [0.5, 0.6) is 5.75 Å². The first-order valence-corrected chi connectivity index (χ1v) is 8.76. The van der Waals surface area contributed by atoms with Crippen molar-refractivity contribution in [1.82, 2.24) is 4.98 Å². The molecule has 1 aromatic heterocycles. The topological polar surface area (TPSA) is 94.4 Å². The van der Waals surface area contributed by atoms with Crippen molar-refractivity contribution in [2.75, 3.05) is 6.61 Å². The van der Waals surface area contributed by atoms with Crippen LogP contribution in [0.15, 0.2) is 64.8 Å². The maximum atomic E-state index is 13.9. The largest absolute Gasteiger partial charge is 0.462 e. The molecule has 3 aromatic rings. The van der Waals surface area contributed by atoms with Gasteiger partial charge in [0, 0.05) is 5.39 Å². The van der Waals surface area contributed by atoms with E-state index in [0.717, 1.165) is 0 Å².